The molecule has 0 amide bonds. The molecule has 0 bridgehead atoms. The van der Waals surface area contributed by atoms with E-state index in [9.17, 15) is 0 Å². The van der Waals surface area contributed by atoms with Gasteiger partial charge in [0.15, 0.2) is 0 Å². The van der Waals surface area contributed by atoms with Crippen LogP contribution in [0.1, 0.15) is 31.9 Å². The lowest BCUT2D eigenvalue weighted by Gasteiger charge is -2.21. The van der Waals surface area contributed by atoms with E-state index in [0.717, 1.165) is 26.1 Å². The summed E-state index contributed by atoms with van der Waals surface area (Å²) in [5.74, 6) is 0. The van der Waals surface area contributed by atoms with E-state index in [1.165, 1.54) is 25.1 Å². The van der Waals surface area contributed by atoms with Crippen LogP contribution in [0.15, 0.2) is 12.3 Å². The van der Waals surface area contributed by atoms with Crippen molar-refractivity contribution in [3.63, 3.8) is 0 Å². The van der Waals surface area contributed by atoms with Gasteiger partial charge >= 0.3 is 0 Å². The van der Waals surface area contributed by atoms with Gasteiger partial charge in [0.1, 0.15) is 0 Å². The summed E-state index contributed by atoms with van der Waals surface area (Å²) in [5.41, 5.74) is 1.33. The molecule has 0 radical (unpaired) electrons. The van der Waals surface area contributed by atoms with Crippen molar-refractivity contribution >= 4 is 0 Å². The van der Waals surface area contributed by atoms with Gasteiger partial charge in [0.25, 0.3) is 0 Å². The van der Waals surface area contributed by atoms with Crippen molar-refractivity contribution in [1.29, 1.82) is 0 Å². The monoisotopic (exact) mass is 236 g/mol. The van der Waals surface area contributed by atoms with Gasteiger partial charge in [-0.2, -0.15) is 5.10 Å². The maximum absolute atomic E-state index is 4.37. The Morgan fingerprint density at radius 2 is 2.47 bits per heavy atom. The number of likely N-dealkylation sites (N-methyl/N-ethyl adjacent to an activating group) is 1. The Kier molecular flexibility index (Phi) is 4.57. The van der Waals surface area contributed by atoms with Crippen LogP contribution in [0.3, 0.4) is 0 Å². The quantitative estimate of drug-likeness (QED) is 0.812. The van der Waals surface area contributed by atoms with Gasteiger partial charge in [-0.05, 0) is 38.9 Å². The van der Waals surface area contributed by atoms with E-state index in [1.807, 2.05) is 6.20 Å². The Hall–Kier alpha value is -0.870. The second-order valence-corrected chi connectivity index (χ2v) is 5.04. The Labute approximate surface area is 104 Å². The van der Waals surface area contributed by atoms with E-state index in [0.29, 0.717) is 6.04 Å². The molecule has 96 valence electrons. The van der Waals surface area contributed by atoms with Crippen molar-refractivity contribution in [3.8, 4) is 0 Å². The van der Waals surface area contributed by atoms with Crippen molar-refractivity contribution in [1.82, 2.24) is 20.0 Å². The van der Waals surface area contributed by atoms with Crippen LogP contribution in [-0.4, -0.2) is 40.9 Å². The Balaban J connectivity index is 1.83. The van der Waals surface area contributed by atoms with Gasteiger partial charge in [-0.15, -0.1) is 0 Å². The Morgan fingerprint density at radius 1 is 1.59 bits per heavy atom. The second-order valence-electron chi connectivity index (χ2n) is 5.04. The summed E-state index contributed by atoms with van der Waals surface area (Å²) >= 11 is 0. The van der Waals surface area contributed by atoms with Crippen LogP contribution < -0.4 is 5.32 Å². The van der Waals surface area contributed by atoms with Gasteiger partial charge in [-0.3, -0.25) is 9.58 Å². The van der Waals surface area contributed by atoms with Crippen molar-refractivity contribution in [3.05, 3.63) is 18.0 Å². The van der Waals surface area contributed by atoms with Crippen LogP contribution in [0.5, 0.6) is 0 Å². The first-order valence-corrected chi connectivity index (χ1v) is 6.72. The van der Waals surface area contributed by atoms with Crippen LogP contribution in [0, 0.1) is 0 Å². The SMILES string of the molecule is CCCn1nccc1CN(C)CC1CCCN1. The highest BCUT2D eigenvalue weighted by molar-refractivity contribution is 5.00. The second kappa shape index (κ2) is 6.17. The maximum atomic E-state index is 4.37. The molecule has 2 heterocycles. The number of rotatable bonds is 6. The van der Waals surface area contributed by atoms with E-state index in [1.54, 1.807) is 0 Å². The standard InChI is InChI=1S/C13H24N4/c1-3-9-17-13(6-8-15-17)11-16(2)10-12-5-4-7-14-12/h6,8,12,14H,3-5,7,9-11H2,1-2H3. The first kappa shape index (κ1) is 12.6. The molecule has 4 nitrogen and oxygen atoms in total. The maximum Gasteiger partial charge on any atom is 0.0524 e. The van der Waals surface area contributed by atoms with E-state index in [-0.39, 0.29) is 0 Å². The fraction of sp³-hybridized carbons (Fsp3) is 0.769. The highest BCUT2D eigenvalue weighted by atomic mass is 15.3. The molecule has 1 aromatic rings. The lowest BCUT2D eigenvalue weighted by Crippen LogP contribution is -2.35. The molecule has 4 heteroatoms. The van der Waals surface area contributed by atoms with Gasteiger partial charge in [0.2, 0.25) is 0 Å². The summed E-state index contributed by atoms with van der Waals surface area (Å²) in [5, 5.41) is 7.91. The molecule has 1 N–H and O–H groups in total. The van der Waals surface area contributed by atoms with E-state index < -0.39 is 0 Å². The fourth-order valence-corrected chi connectivity index (χ4v) is 2.54. The van der Waals surface area contributed by atoms with Crippen molar-refractivity contribution in [2.45, 2.75) is 45.3 Å². The van der Waals surface area contributed by atoms with Crippen molar-refractivity contribution in [2.75, 3.05) is 20.1 Å². The minimum absolute atomic E-state index is 0.683. The highest BCUT2D eigenvalue weighted by Crippen LogP contribution is 2.09. The Morgan fingerprint density at radius 3 is 3.18 bits per heavy atom. The van der Waals surface area contributed by atoms with Gasteiger partial charge in [-0.25, -0.2) is 0 Å². The molecule has 1 atom stereocenters. The molecule has 1 unspecified atom stereocenters. The zero-order valence-corrected chi connectivity index (χ0v) is 11.0. The zero-order valence-electron chi connectivity index (χ0n) is 11.0. The largest absolute Gasteiger partial charge is 0.313 e. The molecule has 0 aromatic carbocycles. The molecule has 17 heavy (non-hydrogen) atoms. The predicted octanol–water partition coefficient (Wildman–Crippen LogP) is 1.48. The van der Waals surface area contributed by atoms with Crippen LogP contribution in [0.2, 0.25) is 0 Å². The molecular formula is C13H24N4. The lowest BCUT2D eigenvalue weighted by molar-refractivity contribution is 0.284. The molecular weight excluding hydrogens is 212 g/mol. The third-order valence-electron chi connectivity index (χ3n) is 3.37. The molecule has 0 saturated carbocycles. The van der Waals surface area contributed by atoms with Crippen molar-refractivity contribution in [2.24, 2.45) is 0 Å². The minimum Gasteiger partial charge on any atom is -0.313 e. The first-order valence-electron chi connectivity index (χ1n) is 6.72. The van der Waals surface area contributed by atoms with Gasteiger partial charge in [0, 0.05) is 31.9 Å². The number of nitrogens with zero attached hydrogens (tertiary/aromatic N) is 3. The first-order chi connectivity index (χ1) is 8.29. The number of nitrogens with one attached hydrogen (secondary N) is 1. The molecule has 1 aliphatic heterocycles. The number of aromatic nitrogens is 2. The highest BCUT2D eigenvalue weighted by Gasteiger charge is 2.16. The van der Waals surface area contributed by atoms with E-state index in [2.05, 4.69) is 40.0 Å². The predicted molar refractivity (Wildman–Crippen MR) is 69.9 cm³/mol. The molecule has 1 fully saturated rings. The summed E-state index contributed by atoms with van der Waals surface area (Å²) in [6, 6.07) is 2.82. The summed E-state index contributed by atoms with van der Waals surface area (Å²) in [6.07, 6.45) is 5.69. The average Bonchev–Trinajstić information content (AvgIpc) is 2.92. The van der Waals surface area contributed by atoms with Crippen LogP contribution in [0.25, 0.3) is 0 Å². The molecule has 1 saturated heterocycles. The smallest absolute Gasteiger partial charge is 0.0524 e. The third-order valence-corrected chi connectivity index (χ3v) is 3.37. The summed E-state index contributed by atoms with van der Waals surface area (Å²) in [4.78, 5) is 2.40. The van der Waals surface area contributed by atoms with E-state index >= 15 is 0 Å². The van der Waals surface area contributed by atoms with Crippen LogP contribution in [-0.2, 0) is 13.1 Å². The summed E-state index contributed by atoms with van der Waals surface area (Å²) < 4.78 is 2.12. The molecule has 1 aromatic heterocycles. The van der Waals surface area contributed by atoms with Crippen LogP contribution >= 0.6 is 0 Å². The zero-order chi connectivity index (χ0) is 12.1. The summed E-state index contributed by atoms with van der Waals surface area (Å²) in [6.45, 7) is 6.54. The summed E-state index contributed by atoms with van der Waals surface area (Å²) in [7, 11) is 2.20. The molecule has 0 aliphatic carbocycles. The number of hydrogen-bond acceptors (Lipinski definition) is 3. The normalized spacial score (nSPS) is 20.3. The average molecular weight is 236 g/mol. The van der Waals surface area contributed by atoms with Gasteiger partial charge in [0.05, 0.1) is 5.69 Å². The number of aryl methyl sites for hydroxylation is 1. The lowest BCUT2D eigenvalue weighted by atomic mass is 10.2. The van der Waals surface area contributed by atoms with Gasteiger partial charge in [-0.1, -0.05) is 6.92 Å². The third kappa shape index (κ3) is 3.54. The molecule has 2 rings (SSSR count). The number of hydrogen-bond donors (Lipinski definition) is 1. The van der Waals surface area contributed by atoms with Crippen LogP contribution in [0.4, 0.5) is 0 Å². The molecule has 0 spiro atoms. The topological polar surface area (TPSA) is 33.1 Å². The fourth-order valence-electron chi connectivity index (χ4n) is 2.54. The van der Waals surface area contributed by atoms with Gasteiger partial charge < -0.3 is 5.32 Å². The van der Waals surface area contributed by atoms with Crippen molar-refractivity contribution < 1.29 is 0 Å². The molecule has 1 aliphatic rings. The van der Waals surface area contributed by atoms with E-state index in [4.69, 9.17) is 0 Å². The Bertz CT molecular complexity index is 328. The minimum atomic E-state index is 0.683.